The zero-order chi connectivity index (χ0) is 14.9. The Morgan fingerprint density at radius 3 is 1.79 bits per heavy atom. The van der Waals surface area contributed by atoms with Gasteiger partial charge in [0.15, 0.2) is 5.41 Å². The molecule has 0 aromatic heterocycles. The predicted octanol–water partition coefficient (Wildman–Crippen LogP) is 3.26. The van der Waals surface area contributed by atoms with E-state index in [-0.39, 0.29) is 13.2 Å². The van der Waals surface area contributed by atoms with E-state index < -0.39 is 17.4 Å². The molecule has 0 aliphatic rings. The summed E-state index contributed by atoms with van der Waals surface area (Å²) in [7, 11) is 0. The second-order valence-corrected chi connectivity index (χ2v) is 4.76. The fraction of sp³-hybridized carbons (Fsp3) is 0.733. The van der Waals surface area contributed by atoms with E-state index in [0.29, 0.717) is 19.3 Å². The number of carbonyl (C=O) groups is 2. The maximum atomic E-state index is 12.2. The average molecular weight is 270 g/mol. The van der Waals surface area contributed by atoms with Crippen molar-refractivity contribution in [3.63, 3.8) is 0 Å². The van der Waals surface area contributed by atoms with Crippen LogP contribution in [-0.4, -0.2) is 25.2 Å². The van der Waals surface area contributed by atoms with Crippen LogP contribution in [0.15, 0.2) is 11.6 Å². The maximum absolute atomic E-state index is 12.2. The van der Waals surface area contributed by atoms with Crippen molar-refractivity contribution in [2.75, 3.05) is 13.2 Å². The van der Waals surface area contributed by atoms with E-state index in [1.165, 1.54) is 0 Å². The van der Waals surface area contributed by atoms with Crippen molar-refractivity contribution in [1.29, 1.82) is 0 Å². The van der Waals surface area contributed by atoms with E-state index in [1.807, 2.05) is 26.8 Å². The van der Waals surface area contributed by atoms with Gasteiger partial charge in [0.2, 0.25) is 0 Å². The van der Waals surface area contributed by atoms with Gasteiger partial charge in [0.05, 0.1) is 13.2 Å². The third kappa shape index (κ3) is 5.05. The molecule has 0 saturated heterocycles. The zero-order valence-corrected chi connectivity index (χ0v) is 12.7. The Morgan fingerprint density at radius 1 is 1.00 bits per heavy atom. The predicted molar refractivity (Wildman–Crippen MR) is 74.7 cm³/mol. The molecule has 0 aromatic rings. The normalized spacial score (nSPS) is 10.8. The van der Waals surface area contributed by atoms with Crippen LogP contribution in [0.3, 0.4) is 0 Å². The summed E-state index contributed by atoms with van der Waals surface area (Å²) in [4.78, 5) is 24.5. The van der Waals surface area contributed by atoms with Gasteiger partial charge >= 0.3 is 11.9 Å². The van der Waals surface area contributed by atoms with Crippen LogP contribution in [0.2, 0.25) is 0 Å². The highest BCUT2D eigenvalue weighted by atomic mass is 16.6. The Kier molecular flexibility index (Phi) is 8.12. The van der Waals surface area contributed by atoms with E-state index >= 15 is 0 Å². The fourth-order valence-corrected chi connectivity index (χ4v) is 1.90. The van der Waals surface area contributed by atoms with Gasteiger partial charge in [-0.25, -0.2) is 0 Å². The number of allylic oxidation sites excluding steroid dienone is 2. The van der Waals surface area contributed by atoms with Crippen molar-refractivity contribution in [2.45, 2.75) is 53.9 Å². The molecule has 0 radical (unpaired) electrons. The lowest BCUT2D eigenvalue weighted by Gasteiger charge is -2.27. The Balaban J connectivity index is 5.38. The van der Waals surface area contributed by atoms with Gasteiger partial charge in [0.1, 0.15) is 0 Å². The number of carbonyl (C=O) groups excluding carboxylic acids is 2. The van der Waals surface area contributed by atoms with Gasteiger partial charge in [-0.15, -0.1) is 0 Å². The molecule has 0 atom stereocenters. The average Bonchev–Trinajstić information content (AvgIpc) is 2.34. The van der Waals surface area contributed by atoms with Crippen molar-refractivity contribution >= 4 is 11.9 Å². The largest absolute Gasteiger partial charge is 0.465 e. The SMILES string of the molecule is CCCC(CC=C(C)C)(C(=O)OCC)C(=O)OCC. The molecule has 0 aromatic carbocycles. The summed E-state index contributed by atoms with van der Waals surface area (Å²) < 4.78 is 10.2. The summed E-state index contributed by atoms with van der Waals surface area (Å²) in [6.07, 6.45) is 3.38. The number of hydrogen-bond donors (Lipinski definition) is 0. The van der Waals surface area contributed by atoms with Gasteiger partial charge in [0.25, 0.3) is 0 Å². The van der Waals surface area contributed by atoms with Gasteiger partial charge in [-0.3, -0.25) is 9.59 Å². The molecule has 0 bridgehead atoms. The van der Waals surface area contributed by atoms with Crippen molar-refractivity contribution < 1.29 is 19.1 Å². The first-order valence-corrected chi connectivity index (χ1v) is 6.92. The van der Waals surface area contributed by atoms with Crippen molar-refractivity contribution in [3.05, 3.63) is 11.6 Å². The highest BCUT2D eigenvalue weighted by Gasteiger charge is 2.47. The molecule has 0 aliphatic carbocycles. The van der Waals surface area contributed by atoms with Gasteiger partial charge in [-0.2, -0.15) is 0 Å². The first-order valence-electron chi connectivity index (χ1n) is 6.92. The third-order valence-corrected chi connectivity index (χ3v) is 2.87. The first kappa shape index (κ1) is 17.7. The molecule has 0 fully saturated rings. The molecule has 0 aliphatic heterocycles. The van der Waals surface area contributed by atoms with Gasteiger partial charge in [0, 0.05) is 0 Å². The highest BCUT2D eigenvalue weighted by molar-refractivity contribution is 6.00. The zero-order valence-electron chi connectivity index (χ0n) is 12.7. The summed E-state index contributed by atoms with van der Waals surface area (Å²) in [5.41, 5.74) is -0.132. The minimum absolute atomic E-state index is 0.262. The summed E-state index contributed by atoms with van der Waals surface area (Å²) in [5, 5.41) is 0. The number of rotatable bonds is 8. The van der Waals surface area contributed by atoms with Crippen molar-refractivity contribution in [1.82, 2.24) is 0 Å². The summed E-state index contributed by atoms with van der Waals surface area (Å²) in [5.74, 6) is -0.958. The van der Waals surface area contributed by atoms with E-state index in [2.05, 4.69) is 0 Å². The number of ether oxygens (including phenoxy) is 2. The molecule has 0 heterocycles. The second kappa shape index (κ2) is 8.73. The quantitative estimate of drug-likeness (QED) is 0.386. The number of hydrogen-bond acceptors (Lipinski definition) is 4. The molecule has 0 spiro atoms. The molecular weight excluding hydrogens is 244 g/mol. The first-order chi connectivity index (χ1) is 8.94. The Morgan fingerprint density at radius 2 is 1.47 bits per heavy atom. The van der Waals surface area contributed by atoms with Gasteiger partial charge in [-0.05, 0) is 40.5 Å². The van der Waals surface area contributed by atoms with Crippen LogP contribution in [0.5, 0.6) is 0 Å². The monoisotopic (exact) mass is 270 g/mol. The molecule has 4 heteroatoms. The van der Waals surface area contributed by atoms with Crippen LogP contribution in [-0.2, 0) is 19.1 Å². The molecule has 19 heavy (non-hydrogen) atoms. The molecule has 110 valence electrons. The minimum Gasteiger partial charge on any atom is -0.465 e. The van der Waals surface area contributed by atoms with E-state index in [4.69, 9.17) is 9.47 Å². The number of esters is 2. The molecule has 0 unspecified atom stereocenters. The topological polar surface area (TPSA) is 52.6 Å². The lowest BCUT2D eigenvalue weighted by molar-refractivity contribution is -0.172. The van der Waals surface area contributed by atoms with Crippen molar-refractivity contribution in [2.24, 2.45) is 5.41 Å². The summed E-state index contributed by atoms with van der Waals surface area (Å²) in [6.45, 7) is 9.81. The van der Waals surface area contributed by atoms with Gasteiger partial charge in [-0.1, -0.05) is 25.0 Å². The van der Waals surface area contributed by atoms with Crippen molar-refractivity contribution in [3.8, 4) is 0 Å². The fourth-order valence-electron chi connectivity index (χ4n) is 1.90. The van der Waals surface area contributed by atoms with Crippen LogP contribution >= 0.6 is 0 Å². The van der Waals surface area contributed by atoms with Gasteiger partial charge < -0.3 is 9.47 Å². The standard InChI is InChI=1S/C15H26O4/c1-6-10-15(11-9-12(4)5,13(16)18-7-2)14(17)19-8-3/h9H,6-8,10-11H2,1-5H3. The van der Waals surface area contributed by atoms with E-state index in [1.54, 1.807) is 13.8 Å². The molecule has 0 saturated carbocycles. The maximum Gasteiger partial charge on any atom is 0.323 e. The Labute approximate surface area is 116 Å². The molecular formula is C15H26O4. The van der Waals surface area contributed by atoms with Crippen LogP contribution in [0, 0.1) is 5.41 Å². The minimum atomic E-state index is -1.20. The van der Waals surface area contributed by atoms with Crippen LogP contribution in [0.25, 0.3) is 0 Å². The van der Waals surface area contributed by atoms with Crippen LogP contribution < -0.4 is 0 Å². The Hall–Kier alpha value is -1.32. The highest BCUT2D eigenvalue weighted by Crippen LogP contribution is 2.33. The molecule has 4 nitrogen and oxygen atoms in total. The van der Waals surface area contributed by atoms with E-state index in [0.717, 1.165) is 5.57 Å². The summed E-state index contributed by atoms with van der Waals surface area (Å²) in [6, 6.07) is 0. The third-order valence-electron chi connectivity index (χ3n) is 2.87. The molecule has 0 amide bonds. The lowest BCUT2D eigenvalue weighted by Crippen LogP contribution is -2.41. The smallest absolute Gasteiger partial charge is 0.323 e. The summed E-state index contributed by atoms with van der Waals surface area (Å²) >= 11 is 0. The second-order valence-electron chi connectivity index (χ2n) is 4.76. The van der Waals surface area contributed by atoms with Crippen LogP contribution in [0.1, 0.15) is 53.9 Å². The Bertz CT molecular complexity index is 309. The van der Waals surface area contributed by atoms with E-state index in [9.17, 15) is 9.59 Å². The molecule has 0 N–H and O–H groups in total. The van der Waals surface area contributed by atoms with Crippen LogP contribution in [0.4, 0.5) is 0 Å². The molecule has 0 rings (SSSR count). The lowest BCUT2D eigenvalue weighted by atomic mass is 9.79.